The number of carbonyl (C=O) groups excluding carboxylic acids is 2. The standard InChI is InChI=1S/C16H18Cl2N2O2/c1-10(2)15-16(22)19-7-8-20(15)14(21)6-3-11-9-12(17)4-5-13(11)18/h3-6,9-10,15H,7-8H2,1-2H3,(H,19,22)/b6-3+. The third-order valence-corrected chi connectivity index (χ3v) is 4.11. The van der Waals surface area contributed by atoms with E-state index < -0.39 is 6.04 Å². The van der Waals surface area contributed by atoms with Gasteiger partial charge in [0.2, 0.25) is 11.8 Å². The summed E-state index contributed by atoms with van der Waals surface area (Å²) in [5.41, 5.74) is 0.671. The van der Waals surface area contributed by atoms with E-state index in [0.717, 1.165) is 0 Å². The van der Waals surface area contributed by atoms with Crippen LogP contribution >= 0.6 is 23.2 Å². The molecule has 0 aromatic heterocycles. The maximum absolute atomic E-state index is 12.4. The lowest BCUT2D eigenvalue weighted by Crippen LogP contribution is -2.58. The summed E-state index contributed by atoms with van der Waals surface area (Å²) in [6.45, 7) is 4.82. The molecule has 22 heavy (non-hydrogen) atoms. The van der Waals surface area contributed by atoms with Crippen LogP contribution in [0.1, 0.15) is 19.4 Å². The average Bonchev–Trinajstić information content (AvgIpc) is 2.47. The monoisotopic (exact) mass is 340 g/mol. The molecule has 1 heterocycles. The number of piperazine rings is 1. The smallest absolute Gasteiger partial charge is 0.247 e. The summed E-state index contributed by atoms with van der Waals surface area (Å²) in [6.07, 6.45) is 3.06. The van der Waals surface area contributed by atoms with E-state index in [9.17, 15) is 9.59 Å². The van der Waals surface area contributed by atoms with Crippen LogP contribution in [-0.4, -0.2) is 35.8 Å². The minimum atomic E-state index is -0.444. The molecule has 1 atom stereocenters. The predicted molar refractivity (Wildman–Crippen MR) is 88.8 cm³/mol. The second-order valence-electron chi connectivity index (χ2n) is 5.51. The fourth-order valence-corrected chi connectivity index (χ4v) is 2.85. The third-order valence-electron chi connectivity index (χ3n) is 3.53. The molecule has 1 aliphatic heterocycles. The molecule has 2 rings (SSSR count). The molecule has 1 saturated heterocycles. The summed E-state index contributed by atoms with van der Waals surface area (Å²) in [5, 5.41) is 3.86. The second kappa shape index (κ2) is 7.16. The lowest BCUT2D eigenvalue weighted by molar-refractivity contribution is -0.141. The molecule has 0 radical (unpaired) electrons. The van der Waals surface area contributed by atoms with Gasteiger partial charge in [0, 0.05) is 29.2 Å². The maximum Gasteiger partial charge on any atom is 0.247 e. The highest BCUT2D eigenvalue weighted by Gasteiger charge is 2.34. The number of nitrogens with zero attached hydrogens (tertiary/aromatic N) is 1. The zero-order valence-electron chi connectivity index (χ0n) is 12.5. The highest BCUT2D eigenvalue weighted by Crippen LogP contribution is 2.22. The van der Waals surface area contributed by atoms with E-state index in [1.165, 1.54) is 6.08 Å². The Hall–Kier alpha value is -1.52. The van der Waals surface area contributed by atoms with E-state index in [4.69, 9.17) is 23.2 Å². The molecule has 0 spiro atoms. The Morgan fingerprint density at radius 1 is 1.41 bits per heavy atom. The number of benzene rings is 1. The van der Waals surface area contributed by atoms with Gasteiger partial charge < -0.3 is 10.2 Å². The Morgan fingerprint density at radius 2 is 2.14 bits per heavy atom. The van der Waals surface area contributed by atoms with Gasteiger partial charge in [0.25, 0.3) is 0 Å². The summed E-state index contributed by atoms with van der Waals surface area (Å²) in [4.78, 5) is 26.0. The topological polar surface area (TPSA) is 49.4 Å². The van der Waals surface area contributed by atoms with Gasteiger partial charge in [0.1, 0.15) is 6.04 Å². The third kappa shape index (κ3) is 3.81. The molecule has 1 aromatic carbocycles. The molecule has 4 nitrogen and oxygen atoms in total. The summed E-state index contributed by atoms with van der Waals surface area (Å²) < 4.78 is 0. The van der Waals surface area contributed by atoms with Crippen molar-refractivity contribution in [2.24, 2.45) is 5.92 Å². The first-order chi connectivity index (χ1) is 10.4. The van der Waals surface area contributed by atoms with Crippen molar-refractivity contribution in [3.63, 3.8) is 0 Å². The summed E-state index contributed by atoms with van der Waals surface area (Å²) in [7, 11) is 0. The molecule has 1 aliphatic rings. The highest BCUT2D eigenvalue weighted by atomic mass is 35.5. The molecule has 118 valence electrons. The fraction of sp³-hybridized carbons (Fsp3) is 0.375. The van der Waals surface area contributed by atoms with Crippen LogP contribution < -0.4 is 5.32 Å². The van der Waals surface area contributed by atoms with Crippen molar-refractivity contribution >= 4 is 41.1 Å². The summed E-state index contributed by atoms with van der Waals surface area (Å²) >= 11 is 12.0. The molecule has 1 aromatic rings. The molecule has 1 fully saturated rings. The zero-order chi connectivity index (χ0) is 16.3. The van der Waals surface area contributed by atoms with Crippen molar-refractivity contribution in [2.45, 2.75) is 19.9 Å². The lowest BCUT2D eigenvalue weighted by atomic mass is 9.99. The molecule has 6 heteroatoms. The Morgan fingerprint density at radius 3 is 2.82 bits per heavy atom. The van der Waals surface area contributed by atoms with Gasteiger partial charge in [0.15, 0.2) is 0 Å². The molecule has 1 N–H and O–H groups in total. The molecule has 1 unspecified atom stereocenters. The largest absolute Gasteiger partial charge is 0.353 e. The number of rotatable bonds is 3. The van der Waals surface area contributed by atoms with Crippen LogP contribution in [0.25, 0.3) is 6.08 Å². The van der Waals surface area contributed by atoms with Gasteiger partial charge in [-0.1, -0.05) is 37.0 Å². The summed E-state index contributed by atoms with van der Waals surface area (Å²) in [5.74, 6) is -0.263. The molecule has 0 bridgehead atoms. The van der Waals surface area contributed by atoms with Crippen molar-refractivity contribution in [1.29, 1.82) is 0 Å². The van der Waals surface area contributed by atoms with Gasteiger partial charge >= 0.3 is 0 Å². The van der Waals surface area contributed by atoms with Gasteiger partial charge in [-0.15, -0.1) is 0 Å². The Labute approximate surface area is 140 Å². The van der Waals surface area contributed by atoms with Crippen LogP contribution in [0.3, 0.4) is 0 Å². The molecular weight excluding hydrogens is 323 g/mol. The number of hydrogen-bond acceptors (Lipinski definition) is 2. The van der Waals surface area contributed by atoms with Gasteiger partial charge in [-0.2, -0.15) is 0 Å². The first kappa shape index (κ1) is 16.8. The Balaban J connectivity index is 2.18. The van der Waals surface area contributed by atoms with Gasteiger partial charge in [0.05, 0.1) is 0 Å². The second-order valence-corrected chi connectivity index (χ2v) is 6.35. The molecule has 0 saturated carbocycles. The number of hydrogen-bond donors (Lipinski definition) is 1. The first-order valence-corrected chi connectivity index (χ1v) is 7.87. The van der Waals surface area contributed by atoms with E-state index in [1.54, 1.807) is 29.2 Å². The van der Waals surface area contributed by atoms with Gasteiger partial charge in [-0.05, 0) is 35.8 Å². The molecule has 0 aliphatic carbocycles. The van der Waals surface area contributed by atoms with Crippen LogP contribution in [-0.2, 0) is 9.59 Å². The fourth-order valence-electron chi connectivity index (χ4n) is 2.49. The average molecular weight is 341 g/mol. The Kier molecular flexibility index (Phi) is 5.48. The quantitative estimate of drug-likeness (QED) is 0.860. The van der Waals surface area contributed by atoms with E-state index >= 15 is 0 Å². The maximum atomic E-state index is 12.4. The van der Waals surface area contributed by atoms with Crippen LogP contribution in [0.4, 0.5) is 0 Å². The van der Waals surface area contributed by atoms with Crippen LogP contribution in [0.5, 0.6) is 0 Å². The minimum Gasteiger partial charge on any atom is -0.353 e. The predicted octanol–water partition coefficient (Wildman–Crippen LogP) is 2.99. The number of amides is 2. The van der Waals surface area contributed by atoms with Gasteiger partial charge in [-0.25, -0.2) is 0 Å². The SMILES string of the molecule is CC(C)C1C(=O)NCCN1C(=O)/C=C/c1cc(Cl)ccc1Cl. The van der Waals surface area contributed by atoms with Crippen molar-refractivity contribution in [2.75, 3.05) is 13.1 Å². The van der Waals surface area contributed by atoms with Crippen molar-refractivity contribution in [1.82, 2.24) is 10.2 Å². The highest BCUT2D eigenvalue weighted by molar-refractivity contribution is 6.34. The number of nitrogens with one attached hydrogen (secondary N) is 1. The van der Waals surface area contributed by atoms with Gasteiger partial charge in [-0.3, -0.25) is 9.59 Å². The normalized spacial score (nSPS) is 18.9. The Bertz CT molecular complexity index is 614. The molecule has 2 amide bonds. The van der Waals surface area contributed by atoms with E-state index in [2.05, 4.69) is 5.32 Å². The lowest BCUT2D eigenvalue weighted by Gasteiger charge is -2.36. The van der Waals surface area contributed by atoms with Crippen LogP contribution in [0.15, 0.2) is 24.3 Å². The number of carbonyl (C=O) groups is 2. The molecular formula is C16H18Cl2N2O2. The van der Waals surface area contributed by atoms with E-state index in [-0.39, 0.29) is 17.7 Å². The zero-order valence-corrected chi connectivity index (χ0v) is 14.0. The summed E-state index contributed by atoms with van der Waals surface area (Å²) in [6, 6.07) is 4.61. The minimum absolute atomic E-state index is 0.0485. The van der Waals surface area contributed by atoms with Crippen molar-refractivity contribution < 1.29 is 9.59 Å². The van der Waals surface area contributed by atoms with Crippen LogP contribution in [0.2, 0.25) is 10.0 Å². The first-order valence-electron chi connectivity index (χ1n) is 7.11. The van der Waals surface area contributed by atoms with Crippen LogP contribution in [0, 0.1) is 5.92 Å². The van der Waals surface area contributed by atoms with E-state index in [0.29, 0.717) is 28.7 Å². The van der Waals surface area contributed by atoms with Crippen molar-refractivity contribution in [3.05, 3.63) is 39.9 Å². The number of halogens is 2. The van der Waals surface area contributed by atoms with Crippen molar-refractivity contribution in [3.8, 4) is 0 Å². The van der Waals surface area contributed by atoms with E-state index in [1.807, 2.05) is 13.8 Å².